The number of rotatable bonds is 6. The summed E-state index contributed by atoms with van der Waals surface area (Å²) in [6.45, 7) is 0.494. The molecule has 1 aromatic carbocycles. The number of pyridine rings is 1. The van der Waals surface area contributed by atoms with E-state index >= 15 is 0 Å². The molecular weight excluding hydrogens is 416 g/mol. The maximum absolute atomic E-state index is 12.5. The maximum atomic E-state index is 12.5. The zero-order chi connectivity index (χ0) is 22.8. The predicted octanol–water partition coefficient (Wildman–Crippen LogP) is 4.79. The molecule has 0 radical (unpaired) electrons. The minimum Gasteiger partial charge on any atom is -0.418 e. The zero-order valence-corrected chi connectivity index (χ0v) is 19.2. The highest BCUT2D eigenvalue weighted by Gasteiger charge is 2.19. The molecule has 1 amide bonds. The van der Waals surface area contributed by atoms with E-state index in [9.17, 15) is 4.79 Å². The summed E-state index contributed by atoms with van der Waals surface area (Å²) in [6, 6.07) is 7.94. The number of carbonyl (C=O) groups is 1. The van der Waals surface area contributed by atoms with Crippen LogP contribution >= 0.6 is 0 Å². The highest BCUT2D eigenvalue weighted by molar-refractivity contribution is 6.03. The van der Waals surface area contributed by atoms with E-state index in [1.165, 1.54) is 38.5 Å². The van der Waals surface area contributed by atoms with Crippen molar-refractivity contribution in [1.82, 2.24) is 24.8 Å². The summed E-state index contributed by atoms with van der Waals surface area (Å²) in [7, 11) is 3.74. The number of nitrogens with zero attached hydrogens (tertiary/aromatic N) is 4. The minimum absolute atomic E-state index is 0.136. The topological polar surface area (TPSA) is 97.9 Å². The Morgan fingerprint density at radius 2 is 1.97 bits per heavy atom. The fourth-order valence-electron chi connectivity index (χ4n) is 4.79. The smallest absolute Gasteiger partial charge is 0.251 e. The van der Waals surface area contributed by atoms with E-state index < -0.39 is 0 Å². The minimum atomic E-state index is 0.136. The molecule has 3 aromatic heterocycles. The van der Waals surface area contributed by atoms with Crippen LogP contribution in [0.2, 0.25) is 0 Å². The van der Waals surface area contributed by atoms with Crippen molar-refractivity contribution >= 4 is 34.0 Å². The molecule has 4 aromatic rings. The average molecular weight is 447 g/mol. The Kier molecular flexibility index (Phi) is 5.98. The van der Waals surface area contributed by atoms with Crippen LogP contribution in [0.15, 0.2) is 35.0 Å². The first-order chi connectivity index (χ1) is 16.1. The lowest BCUT2D eigenvalue weighted by Crippen LogP contribution is -2.25. The summed E-state index contributed by atoms with van der Waals surface area (Å²) in [6.07, 6.45) is 9.84. The van der Waals surface area contributed by atoms with Gasteiger partial charge in [-0.2, -0.15) is 4.98 Å². The van der Waals surface area contributed by atoms with Gasteiger partial charge in [-0.25, -0.2) is 9.97 Å². The van der Waals surface area contributed by atoms with Gasteiger partial charge in [0.2, 0.25) is 11.8 Å². The zero-order valence-electron chi connectivity index (χ0n) is 19.2. The Morgan fingerprint density at radius 1 is 1.15 bits per heavy atom. The SMILES string of the molecule is CNc1nc2oc(-c3cccc(CNC(=O)CC4CCCCCC4)c3)nc2c2c1ncn2C. The van der Waals surface area contributed by atoms with E-state index in [1.54, 1.807) is 6.33 Å². The Bertz CT molecular complexity index is 1280. The molecule has 0 unspecified atom stereocenters. The van der Waals surface area contributed by atoms with Crippen molar-refractivity contribution in [1.29, 1.82) is 0 Å². The third-order valence-corrected chi connectivity index (χ3v) is 6.56. The number of hydrogen-bond donors (Lipinski definition) is 2. The molecule has 1 fully saturated rings. The van der Waals surface area contributed by atoms with Crippen LogP contribution in [0, 0.1) is 5.92 Å². The van der Waals surface area contributed by atoms with Gasteiger partial charge in [0.1, 0.15) is 11.0 Å². The van der Waals surface area contributed by atoms with E-state index in [-0.39, 0.29) is 5.91 Å². The van der Waals surface area contributed by atoms with Crippen LogP contribution in [-0.2, 0) is 18.4 Å². The molecule has 33 heavy (non-hydrogen) atoms. The van der Waals surface area contributed by atoms with Crippen LogP contribution in [0.3, 0.4) is 0 Å². The van der Waals surface area contributed by atoms with Gasteiger partial charge in [0.15, 0.2) is 11.3 Å². The molecule has 0 saturated heterocycles. The second-order valence-corrected chi connectivity index (χ2v) is 8.97. The van der Waals surface area contributed by atoms with Crippen molar-refractivity contribution in [2.45, 2.75) is 51.5 Å². The lowest BCUT2D eigenvalue weighted by molar-refractivity contribution is -0.122. The third-order valence-electron chi connectivity index (χ3n) is 6.56. The van der Waals surface area contributed by atoms with E-state index in [4.69, 9.17) is 9.40 Å². The predicted molar refractivity (Wildman–Crippen MR) is 129 cm³/mol. The first kappa shape index (κ1) is 21.4. The van der Waals surface area contributed by atoms with Crippen LogP contribution in [0.25, 0.3) is 33.7 Å². The lowest BCUT2D eigenvalue weighted by Gasteiger charge is -2.13. The van der Waals surface area contributed by atoms with Crippen LogP contribution < -0.4 is 10.6 Å². The summed E-state index contributed by atoms with van der Waals surface area (Å²) in [4.78, 5) is 26.2. The van der Waals surface area contributed by atoms with Crippen molar-refractivity contribution in [2.75, 3.05) is 12.4 Å². The number of anilines is 1. The Morgan fingerprint density at radius 3 is 2.76 bits per heavy atom. The number of imidazole rings is 1. The van der Waals surface area contributed by atoms with Gasteiger partial charge in [0.25, 0.3) is 5.71 Å². The van der Waals surface area contributed by atoms with Crippen LogP contribution in [0.1, 0.15) is 50.5 Å². The third kappa shape index (κ3) is 4.42. The number of oxazole rings is 1. The summed E-state index contributed by atoms with van der Waals surface area (Å²) in [5.74, 6) is 1.82. The van der Waals surface area contributed by atoms with Gasteiger partial charge < -0.3 is 19.6 Å². The van der Waals surface area contributed by atoms with Crippen molar-refractivity contribution in [2.24, 2.45) is 13.0 Å². The molecular formula is C25H30N6O2. The summed E-state index contributed by atoms with van der Waals surface area (Å²) in [5, 5.41) is 6.17. The summed E-state index contributed by atoms with van der Waals surface area (Å²) >= 11 is 0. The monoisotopic (exact) mass is 446 g/mol. The highest BCUT2D eigenvalue weighted by atomic mass is 16.4. The van der Waals surface area contributed by atoms with Crippen LogP contribution in [0.5, 0.6) is 0 Å². The van der Waals surface area contributed by atoms with Gasteiger partial charge in [-0.05, 0) is 36.5 Å². The molecule has 8 nitrogen and oxygen atoms in total. The van der Waals surface area contributed by atoms with Gasteiger partial charge in [-0.15, -0.1) is 0 Å². The highest BCUT2D eigenvalue weighted by Crippen LogP contribution is 2.31. The maximum Gasteiger partial charge on any atom is 0.251 e. The standard InChI is InChI=1S/C25H30N6O2/c1-26-23-20-22(31(2)15-28-20)21-25(30-23)33-24(29-21)18-11-7-10-17(12-18)14-27-19(32)13-16-8-5-3-4-6-9-16/h7,10-12,15-16H,3-6,8-9,13-14H2,1-2H3,(H,26,30)(H,27,32). The van der Waals surface area contributed by atoms with Crippen molar-refractivity contribution in [3.05, 3.63) is 36.2 Å². The van der Waals surface area contributed by atoms with Crippen LogP contribution in [-0.4, -0.2) is 32.5 Å². The molecule has 5 rings (SSSR count). The molecule has 0 atom stereocenters. The van der Waals surface area contributed by atoms with Crippen molar-refractivity contribution in [3.8, 4) is 11.5 Å². The summed E-state index contributed by atoms with van der Waals surface area (Å²) < 4.78 is 7.95. The molecule has 172 valence electrons. The molecule has 2 N–H and O–H groups in total. The molecule has 0 bridgehead atoms. The van der Waals surface area contributed by atoms with Crippen LogP contribution in [0.4, 0.5) is 5.82 Å². The molecule has 1 saturated carbocycles. The van der Waals surface area contributed by atoms with Crippen molar-refractivity contribution in [3.63, 3.8) is 0 Å². The van der Waals surface area contributed by atoms with Crippen molar-refractivity contribution < 1.29 is 9.21 Å². The molecule has 1 aliphatic rings. The fraction of sp³-hybridized carbons (Fsp3) is 0.440. The Hall–Kier alpha value is -3.42. The van der Waals surface area contributed by atoms with Gasteiger partial charge in [0, 0.05) is 32.6 Å². The number of carbonyl (C=O) groups excluding carboxylic acids is 1. The first-order valence-corrected chi connectivity index (χ1v) is 11.8. The van der Waals surface area contributed by atoms with Gasteiger partial charge in [-0.3, -0.25) is 4.79 Å². The quantitative estimate of drug-likeness (QED) is 0.413. The Labute approximate surface area is 192 Å². The molecule has 0 aliphatic heterocycles. The van der Waals surface area contributed by atoms with E-state index in [2.05, 4.69) is 20.6 Å². The molecule has 0 spiro atoms. The number of nitrogens with one attached hydrogen (secondary N) is 2. The average Bonchev–Trinajstić information content (AvgIpc) is 3.33. The normalized spacial score (nSPS) is 15.1. The summed E-state index contributed by atoms with van der Waals surface area (Å²) in [5.41, 5.74) is 4.65. The number of aryl methyl sites for hydroxylation is 1. The van der Waals surface area contributed by atoms with Gasteiger partial charge in [0.05, 0.1) is 6.33 Å². The first-order valence-electron chi connectivity index (χ1n) is 11.8. The number of aromatic nitrogens is 4. The lowest BCUT2D eigenvalue weighted by atomic mass is 9.96. The number of amides is 1. The second-order valence-electron chi connectivity index (χ2n) is 8.97. The number of hydrogen-bond acceptors (Lipinski definition) is 6. The largest absolute Gasteiger partial charge is 0.418 e. The van der Waals surface area contributed by atoms with E-state index in [0.29, 0.717) is 41.8 Å². The van der Waals surface area contributed by atoms with Gasteiger partial charge >= 0.3 is 0 Å². The second kappa shape index (κ2) is 9.21. The fourth-order valence-corrected chi connectivity index (χ4v) is 4.79. The van der Waals surface area contributed by atoms with Gasteiger partial charge in [-0.1, -0.05) is 37.8 Å². The molecule has 3 heterocycles. The van der Waals surface area contributed by atoms with E-state index in [0.717, 1.165) is 22.2 Å². The molecule has 8 heteroatoms. The number of benzene rings is 1. The molecule has 1 aliphatic carbocycles. The number of fused-ring (bicyclic) bond motifs is 3. The van der Waals surface area contributed by atoms with E-state index in [1.807, 2.05) is 42.9 Å². The Balaban J connectivity index is 1.34.